The SMILES string of the molecule is O=C([C@@H]1CCN(Cc2ccccc2)C[C@H]1c1ccccc1)N1CCC(O)(Cn2cnc3ccc(Cl)nc3c2=O)CC1. The third-order valence-electron chi connectivity index (χ3n) is 8.60. The largest absolute Gasteiger partial charge is 0.388 e. The predicted octanol–water partition coefficient (Wildman–Crippen LogP) is 4.10. The highest BCUT2D eigenvalue weighted by molar-refractivity contribution is 6.29. The van der Waals surface area contributed by atoms with E-state index in [1.807, 2.05) is 29.2 Å². The molecule has 6 rings (SSSR count). The van der Waals surface area contributed by atoms with E-state index in [1.54, 1.807) is 12.1 Å². The van der Waals surface area contributed by atoms with E-state index in [4.69, 9.17) is 11.6 Å². The second-order valence-corrected chi connectivity index (χ2v) is 11.7. The Balaban J connectivity index is 1.14. The maximum Gasteiger partial charge on any atom is 0.279 e. The number of carbonyl (C=O) groups excluding carboxylic acids is 1. The predicted molar refractivity (Wildman–Crippen MR) is 159 cm³/mol. The first-order chi connectivity index (χ1) is 19.9. The standard InChI is InChI=1S/C32H34ClN5O3/c33-28-12-11-27-29(35-28)31(40)38(22-34-27)21-32(41)14-17-37(18-15-32)30(39)25-13-16-36(19-23-7-3-1-4-8-23)20-26(25)24-9-5-2-6-10-24/h1-12,22,25-26,41H,13-21H2/t25-,26+/m1/s1. The van der Waals surface area contributed by atoms with Gasteiger partial charge in [-0.05, 0) is 49.1 Å². The molecule has 0 radical (unpaired) electrons. The summed E-state index contributed by atoms with van der Waals surface area (Å²) in [5, 5.41) is 11.6. The number of hydrogen-bond acceptors (Lipinski definition) is 6. The van der Waals surface area contributed by atoms with E-state index in [0.29, 0.717) is 31.4 Å². The molecule has 1 N–H and O–H groups in total. The van der Waals surface area contributed by atoms with E-state index in [2.05, 4.69) is 51.3 Å². The maximum absolute atomic E-state index is 13.9. The maximum atomic E-state index is 13.9. The Morgan fingerprint density at radius 1 is 0.976 bits per heavy atom. The van der Waals surface area contributed by atoms with Gasteiger partial charge in [0.2, 0.25) is 5.91 Å². The van der Waals surface area contributed by atoms with Crippen molar-refractivity contribution in [1.29, 1.82) is 0 Å². The molecular weight excluding hydrogens is 538 g/mol. The minimum Gasteiger partial charge on any atom is -0.388 e. The van der Waals surface area contributed by atoms with Gasteiger partial charge in [-0.2, -0.15) is 0 Å². The van der Waals surface area contributed by atoms with Crippen LogP contribution >= 0.6 is 11.6 Å². The van der Waals surface area contributed by atoms with Gasteiger partial charge in [-0.1, -0.05) is 72.3 Å². The van der Waals surface area contributed by atoms with Gasteiger partial charge >= 0.3 is 0 Å². The number of benzene rings is 2. The molecule has 0 saturated carbocycles. The van der Waals surface area contributed by atoms with Gasteiger partial charge in [0.1, 0.15) is 5.15 Å². The summed E-state index contributed by atoms with van der Waals surface area (Å²) < 4.78 is 1.40. The molecule has 1 amide bonds. The zero-order valence-electron chi connectivity index (χ0n) is 22.9. The molecule has 0 bridgehead atoms. The Kier molecular flexibility index (Phi) is 7.88. The zero-order chi connectivity index (χ0) is 28.4. The van der Waals surface area contributed by atoms with Crippen LogP contribution in [0.15, 0.2) is 83.9 Å². The Morgan fingerprint density at radius 3 is 2.41 bits per heavy atom. The van der Waals surface area contributed by atoms with Crippen LogP contribution in [0.3, 0.4) is 0 Å². The number of aliphatic hydroxyl groups is 1. The smallest absolute Gasteiger partial charge is 0.279 e. The molecule has 2 saturated heterocycles. The van der Waals surface area contributed by atoms with Gasteiger partial charge in [-0.15, -0.1) is 0 Å². The molecular formula is C32H34ClN5O3. The zero-order valence-corrected chi connectivity index (χ0v) is 23.7. The Morgan fingerprint density at radius 2 is 1.68 bits per heavy atom. The molecule has 2 fully saturated rings. The fourth-order valence-corrected chi connectivity index (χ4v) is 6.46. The summed E-state index contributed by atoms with van der Waals surface area (Å²) in [5.74, 6) is 0.144. The lowest BCUT2D eigenvalue weighted by atomic mass is 9.79. The number of rotatable bonds is 6. The quantitative estimate of drug-likeness (QED) is 0.350. The lowest BCUT2D eigenvalue weighted by Gasteiger charge is -2.43. The van der Waals surface area contributed by atoms with Crippen LogP contribution in [0.4, 0.5) is 0 Å². The molecule has 2 aromatic carbocycles. The fourth-order valence-electron chi connectivity index (χ4n) is 6.31. The molecule has 0 aliphatic carbocycles. The van der Waals surface area contributed by atoms with Crippen molar-refractivity contribution in [3.63, 3.8) is 0 Å². The van der Waals surface area contributed by atoms with E-state index in [0.717, 1.165) is 26.1 Å². The molecule has 2 aromatic heterocycles. The van der Waals surface area contributed by atoms with E-state index >= 15 is 0 Å². The summed E-state index contributed by atoms with van der Waals surface area (Å²) in [7, 11) is 0. The number of aromatic nitrogens is 3. The topological polar surface area (TPSA) is 91.6 Å². The number of nitrogens with zero attached hydrogens (tertiary/aromatic N) is 5. The van der Waals surface area contributed by atoms with Crippen molar-refractivity contribution in [3.05, 3.63) is 106 Å². The van der Waals surface area contributed by atoms with Gasteiger partial charge in [0.05, 0.1) is 24.0 Å². The summed E-state index contributed by atoms with van der Waals surface area (Å²) in [6.07, 6.45) is 3.01. The van der Waals surface area contributed by atoms with Crippen molar-refractivity contribution in [3.8, 4) is 0 Å². The summed E-state index contributed by atoms with van der Waals surface area (Å²) in [4.78, 5) is 39.8. The van der Waals surface area contributed by atoms with Crippen LogP contribution < -0.4 is 5.56 Å². The summed E-state index contributed by atoms with van der Waals surface area (Å²) in [6.45, 7) is 3.54. The number of amides is 1. The molecule has 2 aliphatic rings. The number of carbonyl (C=O) groups is 1. The van der Waals surface area contributed by atoms with Crippen LogP contribution in [0.5, 0.6) is 0 Å². The van der Waals surface area contributed by atoms with Crippen LogP contribution in [0.2, 0.25) is 5.15 Å². The second kappa shape index (κ2) is 11.7. The molecule has 4 heterocycles. The normalized spacial score (nSPS) is 21.2. The highest BCUT2D eigenvalue weighted by Gasteiger charge is 2.40. The average Bonchev–Trinajstić information content (AvgIpc) is 3.00. The Bertz CT molecular complexity index is 1570. The number of fused-ring (bicyclic) bond motifs is 1. The van der Waals surface area contributed by atoms with E-state index in [9.17, 15) is 14.7 Å². The third kappa shape index (κ3) is 6.05. The van der Waals surface area contributed by atoms with Crippen molar-refractivity contribution in [2.45, 2.75) is 43.9 Å². The number of piperidine rings is 2. The Hall–Kier alpha value is -3.59. The minimum absolute atomic E-state index is 0.0928. The summed E-state index contributed by atoms with van der Waals surface area (Å²) in [5.41, 5.74) is 1.66. The highest BCUT2D eigenvalue weighted by Crippen LogP contribution is 2.36. The monoisotopic (exact) mass is 571 g/mol. The van der Waals surface area contributed by atoms with Crippen molar-refractivity contribution in [1.82, 2.24) is 24.3 Å². The molecule has 4 aromatic rings. The van der Waals surface area contributed by atoms with Gasteiger partial charge in [0.15, 0.2) is 5.52 Å². The number of pyridine rings is 1. The first-order valence-electron chi connectivity index (χ1n) is 14.2. The van der Waals surface area contributed by atoms with Gasteiger partial charge in [-0.3, -0.25) is 19.1 Å². The molecule has 212 valence electrons. The second-order valence-electron chi connectivity index (χ2n) is 11.4. The number of halogens is 1. The highest BCUT2D eigenvalue weighted by atomic mass is 35.5. The van der Waals surface area contributed by atoms with Crippen molar-refractivity contribution in [2.75, 3.05) is 26.2 Å². The molecule has 8 nitrogen and oxygen atoms in total. The van der Waals surface area contributed by atoms with Crippen LogP contribution in [0, 0.1) is 5.92 Å². The van der Waals surface area contributed by atoms with Gasteiger partial charge in [0, 0.05) is 38.0 Å². The van der Waals surface area contributed by atoms with Crippen molar-refractivity contribution in [2.24, 2.45) is 5.92 Å². The van der Waals surface area contributed by atoms with Crippen LogP contribution in [-0.4, -0.2) is 67.1 Å². The Labute approximate surface area is 244 Å². The molecule has 41 heavy (non-hydrogen) atoms. The average molecular weight is 572 g/mol. The van der Waals surface area contributed by atoms with Gasteiger partial charge < -0.3 is 10.0 Å². The van der Waals surface area contributed by atoms with Crippen LogP contribution in [-0.2, 0) is 17.9 Å². The third-order valence-corrected chi connectivity index (χ3v) is 8.81. The summed E-state index contributed by atoms with van der Waals surface area (Å²) in [6, 6.07) is 24.1. The van der Waals surface area contributed by atoms with Gasteiger partial charge in [-0.25, -0.2) is 9.97 Å². The van der Waals surface area contributed by atoms with Gasteiger partial charge in [0.25, 0.3) is 5.56 Å². The summed E-state index contributed by atoms with van der Waals surface area (Å²) >= 11 is 5.99. The first-order valence-corrected chi connectivity index (χ1v) is 14.6. The lowest BCUT2D eigenvalue weighted by Crippen LogP contribution is -2.53. The number of likely N-dealkylation sites (tertiary alicyclic amines) is 2. The lowest BCUT2D eigenvalue weighted by molar-refractivity contribution is -0.142. The number of hydrogen-bond donors (Lipinski definition) is 1. The molecule has 0 unspecified atom stereocenters. The van der Waals surface area contributed by atoms with Crippen LogP contribution in [0.1, 0.15) is 36.3 Å². The minimum atomic E-state index is -1.12. The fraction of sp³-hybridized carbons (Fsp3) is 0.375. The molecule has 0 spiro atoms. The molecule has 9 heteroatoms. The van der Waals surface area contributed by atoms with Crippen LogP contribution in [0.25, 0.3) is 11.0 Å². The van der Waals surface area contributed by atoms with E-state index < -0.39 is 5.60 Å². The van der Waals surface area contributed by atoms with E-state index in [1.165, 1.54) is 22.0 Å². The van der Waals surface area contributed by atoms with Crippen molar-refractivity contribution >= 4 is 28.5 Å². The first kappa shape index (κ1) is 27.6. The molecule has 2 atom stereocenters. The van der Waals surface area contributed by atoms with E-state index in [-0.39, 0.29) is 40.5 Å². The van der Waals surface area contributed by atoms with Crippen molar-refractivity contribution < 1.29 is 9.90 Å². The molecule has 2 aliphatic heterocycles.